The summed E-state index contributed by atoms with van der Waals surface area (Å²) in [5.41, 5.74) is 1.66. The van der Waals surface area contributed by atoms with Gasteiger partial charge < -0.3 is 14.2 Å². The molecule has 26 heavy (non-hydrogen) atoms. The largest absolute Gasteiger partial charge is 0.379 e. The fraction of sp³-hybridized carbons (Fsp3) is 0.722. The van der Waals surface area contributed by atoms with Gasteiger partial charge in [0.1, 0.15) is 10.6 Å². The lowest BCUT2D eigenvalue weighted by atomic mass is 10.0. The topological polar surface area (TPSA) is 71.8 Å². The summed E-state index contributed by atoms with van der Waals surface area (Å²) in [5, 5.41) is 0. The van der Waals surface area contributed by atoms with Crippen LogP contribution >= 0.6 is 0 Å². The van der Waals surface area contributed by atoms with E-state index in [4.69, 9.17) is 4.74 Å². The molecule has 1 atom stereocenters. The Morgan fingerprint density at radius 3 is 2.38 bits per heavy atom. The molecule has 2 saturated heterocycles. The number of amides is 1. The van der Waals surface area contributed by atoms with E-state index in [-0.39, 0.29) is 16.8 Å². The molecule has 0 aromatic carbocycles. The standard InChI is InChI=1S/C18H29N3O4S/c1-13-7-5-6-8-21(13)18(22)16-14(2)17(15(3)19(16)4)26(23,24)20-9-11-25-12-10-20/h13H,5-12H2,1-4H3/t13-/m0/s1. The number of sulfonamides is 1. The SMILES string of the molecule is Cc1c(S(=O)(=O)N2CCOCC2)c(C)n(C)c1C(=O)N1CCCC[C@@H]1C. The van der Waals surface area contributed by atoms with Crippen molar-refractivity contribution < 1.29 is 17.9 Å². The maximum Gasteiger partial charge on any atom is 0.271 e. The lowest BCUT2D eigenvalue weighted by Crippen LogP contribution is -2.43. The lowest BCUT2D eigenvalue weighted by Gasteiger charge is -2.33. The molecule has 0 spiro atoms. The van der Waals surface area contributed by atoms with Crippen LogP contribution in [0, 0.1) is 13.8 Å². The summed E-state index contributed by atoms with van der Waals surface area (Å²) in [6, 6.07) is 0.185. The third kappa shape index (κ3) is 3.18. The van der Waals surface area contributed by atoms with E-state index in [0.717, 1.165) is 25.8 Å². The van der Waals surface area contributed by atoms with Crippen LogP contribution in [0.2, 0.25) is 0 Å². The zero-order valence-corrected chi connectivity index (χ0v) is 16.9. The second-order valence-electron chi connectivity index (χ2n) is 7.31. The average molecular weight is 384 g/mol. The van der Waals surface area contributed by atoms with Gasteiger partial charge in [0.25, 0.3) is 5.91 Å². The highest BCUT2D eigenvalue weighted by Gasteiger charge is 2.36. The number of hydrogen-bond acceptors (Lipinski definition) is 4. The summed E-state index contributed by atoms with van der Waals surface area (Å²) in [4.78, 5) is 15.4. The Bertz CT molecular complexity index is 794. The lowest BCUT2D eigenvalue weighted by molar-refractivity contribution is 0.0624. The van der Waals surface area contributed by atoms with E-state index in [1.807, 2.05) is 4.90 Å². The van der Waals surface area contributed by atoms with Crippen molar-refractivity contribution in [2.75, 3.05) is 32.8 Å². The molecule has 7 nitrogen and oxygen atoms in total. The fourth-order valence-electron chi connectivity index (χ4n) is 4.09. The third-order valence-corrected chi connectivity index (χ3v) is 7.86. The molecule has 0 aliphatic carbocycles. The first kappa shape index (κ1) is 19.4. The van der Waals surface area contributed by atoms with E-state index in [9.17, 15) is 13.2 Å². The second-order valence-corrected chi connectivity index (χ2v) is 9.18. The molecule has 2 aliphatic rings. The molecule has 8 heteroatoms. The number of likely N-dealkylation sites (tertiary alicyclic amines) is 1. The molecule has 3 rings (SSSR count). The van der Waals surface area contributed by atoms with Crippen molar-refractivity contribution in [3.8, 4) is 0 Å². The summed E-state index contributed by atoms with van der Waals surface area (Å²) < 4.78 is 34.9. The Labute approximate surface area is 156 Å². The highest BCUT2D eigenvalue weighted by Crippen LogP contribution is 2.31. The highest BCUT2D eigenvalue weighted by molar-refractivity contribution is 7.89. The van der Waals surface area contributed by atoms with Gasteiger partial charge in [0, 0.05) is 44.0 Å². The molecule has 3 heterocycles. The number of hydrogen-bond donors (Lipinski definition) is 0. The van der Waals surface area contributed by atoms with E-state index in [0.29, 0.717) is 43.3 Å². The minimum atomic E-state index is -3.64. The molecule has 1 amide bonds. The van der Waals surface area contributed by atoms with Gasteiger partial charge in [-0.05, 0) is 40.0 Å². The number of ether oxygens (including phenoxy) is 1. The van der Waals surface area contributed by atoms with Crippen LogP contribution in [0.25, 0.3) is 0 Å². The average Bonchev–Trinajstić information content (AvgIpc) is 2.85. The van der Waals surface area contributed by atoms with Crippen molar-refractivity contribution in [2.45, 2.75) is 51.0 Å². The predicted molar refractivity (Wildman–Crippen MR) is 98.8 cm³/mol. The number of aromatic nitrogens is 1. The molecule has 0 N–H and O–H groups in total. The Kier molecular flexibility index (Phi) is 5.46. The van der Waals surface area contributed by atoms with Crippen molar-refractivity contribution in [3.63, 3.8) is 0 Å². The zero-order chi connectivity index (χ0) is 19.1. The van der Waals surface area contributed by atoms with E-state index in [1.165, 1.54) is 4.31 Å². The van der Waals surface area contributed by atoms with Crippen LogP contribution in [0.4, 0.5) is 0 Å². The summed E-state index contributed by atoms with van der Waals surface area (Å²) in [6.07, 6.45) is 3.12. The van der Waals surface area contributed by atoms with Crippen LogP contribution in [0.1, 0.15) is 47.9 Å². The second kappa shape index (κ2) is 7.32. The van der Waals surface area contributed by atoms with Crippen molar-refractivity contribution in [3.05, 3.63) is 17.0 Å². The van der Waals surface area contributed by atoms with Gasteiger partial charge in [-0.25, -0.2) is 8.42 Å². The number of carbonyl (C=O) groups is 1. The van der Waals surface area contributed by atoms with Crippen LogP contribution in [-0.4, -0.2) is 67.0 Å². The quantitative estimate of drug-likeness (QED) is 0.796. The molecule has 1 aromatic rings. The van der Waals surface area contributed by atoms with Gasteiger partial charge in [-0.3, -0.25) is 4.79 Å². The maximum atomic E-state index is 13.2. The monoisotopic (exact) mass is 383 g/mol. The third-order valence-electron chi connectivity index (χ3n) is 5.70. The molecular weight excluding hydrogens is 354 g/mol. The summed E-state index contributed by atoms with van der Waals surface area (Å²) in [6.45, 7) is 7.83. The number of piperidine rings is 1. The Balaban J connectivity index is 2.02. The minimum absolute atomic E-state index is 0.0660. The molecule has 0 bridgehead atoms. The zero-order valence-electron chi connectivity index (χ0n) is 16.1. The molecule has 2 fully saturated rings. The van der Waals surface area contributed by atoms with Gasteiger partial charge in [-0.1, -0.05) is 0 Å². The van der Waals surface area contributed by atoms with Crippen molar-refractivity contribution in [1.82, 2.24) is 13.8 Å². The molecule has 146 valence electrons. The number of carbonyl (C=O) groups excluding carboxylic acids is 1. The van der Waals surface area contributed by atoms with Crippen molar-refractivity contribution >= 4 is 15.9 Å². The van der Waals surface area contributed by atoms with Gasteiger partial charge in [-0.2, -0.15) is 4.31 Å². The Hall–Kier alpha value is -1.38. The van der Waals surface area contributed by atoms with Crippen LogP contribution in [0.3, 0.4) is 0 Å². The fourth-order valence-corrected chi connectivity index (χ4v) is 5.97. The molecule has 1 aromatic heterocycles. The summed E-state index contributed by atoms with van der Waals surface area (Å²) >= 11 is 0. The van der Waals surface area contributed by atoms with E-state index >= 15 is 0 Å². The van der Waals surface area contributed by atoms with Crippen LogP contribution < -0.4 is 0 Å². The maximum absolute atomic E-state index is 13.2. The van der Waals surface area contributed by atoms with Crippen molar-refractivity contribution in [2.24, 2.45) is 7.05 Å². The van der Waals surface area contributed by atoms with Crippen LogP contribution in [0.5, 0.6) is 0 Å². The summed E-state index contributed by atoms with van der Waals surface area (Å²) in [7, 11) is -1.86. The van der Waals surface area contributed by atoms with Gasteiger partial charge in [-0.15, -0.1) is 0 Å². The van der Waals surface area contributed by atoms with Gasteiger partial charge >= 0.3 is 0 Å². The van der Waals surface area contributed by atoms with E-state index in [2.05, 4.69) is 6.92 Å². The predicted octanol–water partition coefficient (Wildman–Crippen LogP) is 1.68. The Morgan fingerprint density at radius 2 is 1.77 bits per heavy atom. The molecule has 2 aliphatic heterocycles. The first-order chi connectivity index (χ1) is 12.3. The number of morpholine rings is 1. The number of nitrogens with zero attached hydrogens (tertiary/aromatic N) is 3. The Morgan fingerprint density at radius 1 is 1.12 bits per heavy atom. The number of rotatable bonds is 3. The first-order valence-corrected chi connectivity index (χ1v) is 10.8. The minimum Gasteiger partial charge on any atom is -0.379 e. The van der Waals surface area contributed by atoms with Gasteiger partial charge in [0.15, 0.2) is 0 Å². The van der Waals surface area contributed by atoms with E-state index < -0.39 is 10.0 Å². The van der Waals surface area contributed by atoms with Gasteiger partial charge in [0.05, 0.1) is 13.2 Å². The van der Waals surface area contributed by atoms with Crippen molar-refractivity contribution in [1.29, 1.82) is 0 Å². The first-order valence-electron chi connectivity index (χ1n) is 9.31. The van der Waals surface area contributed by atoms with Crippen LogP contribution in [-0.2, 0) is 21.8 Å². The molecular formula is C18H29N3O4S. The summed E-state index contributed by atoms with van der Waals surface area (Å²) in [5.74, 6) is -0.0660. The molecule has 0 radical (unpaired) electrons. The highest BCUT2D eigenvalue weighted by atomic mass is 32.2. The van der Waals surface area contributed by atoms with Crippen LogP contribution in [0.15, 0.2) is 4.90 Å². The normalized spacial score (nSPS) is 22.6. The van der Waals surface area contributed by atoms with E-state index in [1.54, 1.807) is 25.5 Å². The van der Waals surface area contributed by atoms with Gasteiger partial charge in [0.2, 0.25) is 10.0 Å². The smallest absolute Gasteiger partial charge is 0.271 e. The molecule has 0 saturated carbocycles. The molecule has 0 unspecified atom stereocenters.